The van der Waals surface area contributed by atoms with Crippen LogP contribution in [0.5, 0.6) is 0 Å². The molecule has 0 atom stereocenters. The highest BCUT2D eigenvalue weighted by molar-refractivity contribution is 7.51. The van der Waals surface area contributed by atoms with Crippen molar-refractivity contribution in [1.82, 2.24) is 9.99 Å². The van der Waals surface area contributed by atoms with Gasteiger partial charge >= 0.3 is 13.7 Å². The van der Waals surface area contributed by atoms with Gasteiger partial charge in [-0.2, -0.15) is 0 Å². The number of esters is 1. The lowest BCUT2D eigenvalue weighted by atomic mass is 10.1. The predicted molar refractivity (Wildman–Crippen MR) is 227 cm³/mol. The lowest BCUT2D eigenvalue weighted by molar-refractivity contribution is -0.143. The van der Waals surface area contributed by atoms with Gasteiger partial charge in [0.2, 0.25) is 0 Å². The van der Waals surface area contributed by atoms with E-state index in [0.29, 0.717) is 39.3 Å². The molecule has 9 heteroatoms. The van der Waals surface area contributed by atoms with Crippen molar-refractivity contribution in [3.63, 3.8) is 0 Å². The maximum Gasteiger partial charge on any atom is 0.405 e. The molecule has 0 radical (unpaired) electrons. The van der Waals surface area contributed by atoms with E-state index in [1.807, 2.05) is 0 Å². The smallest absolute Gasteiger partial charge is 0.405 e. The zero-order valence-electron chi connectivity index (χ0n) is 35.7. The first-order chi connectivity index (χ1) is 26.0. The monoisotopic (exact) mass is 775 g/mol. The summed E-state index contributed by atoms with van der Waals surface area (Å²) in [6.07, 6.45) is 37.1. The van der Waals surface area contributed by atoms with Gasteiger partial charge in [-0.15, -0.1) is 0 Å². The summed E-state index contributed by atoms with van der Waals surface area (Å²) in [5.74, 6) is -0.0538. The second kappa shape index (κ2) is 42.6. The molecule has 318 valence electrons. The van der Waals surface area contributed by atoms with Crippen LogP contribution in [0.25, 0.3) is 0 Å². The molecular weight excluding hydrogens is 683 g/mol. The Kier molecular flexibility index (Phi) is 42.2. The van der Waals surface area contributed by atoms with Crippen molar-refractivity contribution in [3.05, 3.63) is 0 Å². The molecule has 0 aromatic rings. The normalized spacial score (nSPS) is 11.9. The molecule has 0 aliphatic heterocycles. The van der Waals surface area contributed by atoms with Crippen molar-refractivity contribution in [1.29, 1.82) is 0 Å². The zero-order chi connectivity index (χ0) is 38.8. The number of carbonyl (C=O) groups excluding carboxylic acids is 1. The van der Waals surface area contributed by atoms with E-state index in [-0.39, 0.29) is 12.6 Å². The van der Waals surface area contributed by atoms with E-state index in [0.717, 1.165) is 103 Å². The minimum atomic E-state index is -3.28. The minimum absolute atomic E-state index is 0.0538. The number of rotatable bonds is 45. The average molecular weight is 775 g/mol. The van der Waals surface area contributed by atoms with E-state index in [1.54, 1.807) is 0 Å². The number of aliphatic hydroxyl groups is 1. The number of nitrogens with zero attached hydrogens (tertiary/aromatic N) is 1. The summed E-state index contributed by atoms with van der Waals surface area (Å²) < 4.78 is 30.7. The second-order valence-electron chi connectivity index (χ2n) is 15.5. The highest BCUT2D eigenvalue weighted by Crippen LogP contribution is 2.44. The fourth-order valence-corrected chi connectivity index (χ4v) is 8.18. The van der Waals surface area contributed by atoms with Crippen LogP contribution in [0.2, 0.25) is 0 Å². The number of aliphatic hydroxyl groups excluding tert-OH is 1. The highest BCUT2D eigenvalue weighted by Gasteiger charge is 2.23. The molecule has 8 nitrogen and oxygen atoms in total. The van der Waals surface area contributed by atoms with Crippen LogP contribution in [0.15, 0.2) is 0 Å². The molecule has 0 saturated carbocycles. The van der Waals surface area contributed by atoms with E-state index in [9.17, 15) is 14.5 Å². The van der Waals surface area contributed by atoms with Gasteiger partial charge in [0, 0.05) is 19.5 Å². The number of hydrogen-bond acceptors (Lipinski definition) is 7. The molecule has 2 N–H and O–H groups in total. The molecule has 0 heterocycles. The minimum Gasteiger partial charge on any atom is -0.466 e. The van der Waals surface area contributed by atoms with Gasteiger partial charge in [-0.25, -0.2) is 9.65 Å². The molecule has 0 aromatic carbocycles. The molecule has 0 spiro atoms. The number of nitrogens with one attached hydrogen (secondary N) is 1. The number of unbranched alkanes of at least 4 members (excludes halogenated alkanes) is 26. The SMILES string of the molecule is CCCCCCCCCCCOC(=O)CCCCCN(CCO)CCCCCCCNP(=O)(OCCCCCCCCC)OCCCCCCCCC. The second-order valence-corrected chi connectivity index (χ2v) is 17.3. The third kappa shape index (κ3) is 39.5. The van der Waals surface area contributed by atoms with Gasteiger partial charge in [0.05, 0.1) is 26.4 Å². The average Bonchev–Trinajstić information content (AvgIpc) is 3.15. The van der Waals surface area contributed by atoms with Gasteiger partial charge < -0.3 is 14.7 Å². The topological polar surface area (TPSA) is 97.3 Å². The number of carbonyl (C=O) groups is 1. The molecule has 53 heavy (non-hydrogen) atoms. The Balaban J connectivity index is 4.08. The largest absolute Gasteiger partial charge is 0.466 e. The standard InChI is InChI=1S/C44H91N2O6P/c1-4-7-10-13-16-17-20-24-32-41-50-44(48)35-28-27-31-38-46(39-40-47)37-30-23-21-22-29-36-45-53(49,51-42-33-25-18-14-11-8-5-2)52-43-34-26-19-15-12-9-6-3/h47H,4-43H2,1-3H3,(H,45,49). The third-order valence-corrected chi connectivity index (χ3v) is 11.9. The molecule has 0 saturated heterocycles. The summed E-state index contributed by atoms with van der Waals surface area (Å²) in [4.78, 5) is 14.4. The Morgan fingerprint density at radius 2 is 0.868 bits per heavy atom. The van der Waals surface area contributed by atoms with Gasteiger partial charge in [0.1, 0.15) is 0 Å². The third-order valence-electron chi connectivity index (χ3n) is 10.3. The molecule has 0 aromatic heterocycles. The summed E-state index contributed by atoms with van der Waals surface area (Å²) >= 11 is 0. The van der Waals surface area contributed by atoms with Crippen molar-refractivity contribution in [2.24, 2.45) is 0 Å². The van der Waals surface area contributed by atoms with E-state index >= 15 is 0 Å². The van der Waals surface area contributed by atoms with Crippen LogP contribution in [-0.2, 0) is 23.1 Å². The number of hydrogen-bond donors (Lipinski definition) is 2. The Morgan fingerprint density at radius 1 is 0.491 bits per heavy atom. The Bertz CT molecular complexity index is 765. The Hall–Kier alpha value is -0.500. The Labute approximate surface area is 330 Å². The van der Waals surface area contributed by atoms with Gasteiger partial charge in [0.15, 0.2) is 0 Å². The van der Waals surface area contributed by atoms with Crippen LogP contribution in [0.3, 0.4) is 0 Å². The first-order valence-electron chi connectivity index (χ1n) is 23.1. The number of ether oxygens (including phenoxy) is 1. The molecule has 0 aliphatic carbocycles. The summed E-state index contributed by atoms with van der Waals surface area (Å²) in [5, 5.41) is 12.7. The Morgan fingerprint density at radius 3 is 1.32 bits per heavy atom. The molecule has 0 rings (SSSR count). The maximum absolute atomic E-state index is 13.5. The molecular formula is C44H91N2O6P. The molecule has 0 amide bonds. The van der Waals surface area contributed by atoms with Crippen LogP contribution in [0.4, 0.5) is 0 Å². The quantitative estimate of drug-likeness (QED) is 0.0359. The molecule has 0 unspecified atom stereocenters. The fraction of sp³-hybridized carbons (Fsp3) is 0.977. The molecule has 0 bridgehead atoms. The predicted octanol–water partition coefficient (Wildman–Crippen LogP) is 13.1. The maximum atomic E-state index is 13.5. The van der Waals surface area contributed by atoms with Crippen molar-refractivity contribution < 1.29 is 28.3 Å². The van der Waals surface area contributed by atoms with Gasteiger partial charge in [-0.05, 0) is 58.0 Å². The summed E-state index contributed by atoms with van der Waals surface area (Å²) in [6.45, 7) is 11.8. The molecule has 0 aliphatic rings. The van der Waals surface area contributed by atoms with Crippen LogP contribution in [0, 0.1) is 0 Å². The molecule has 0 fully saturated rings. The lowest BCUT2D eigenvalue weighted by Gasteiger charge is -2.21. The van der Waals surface area contributed by atoms with Crippen LogP contribution in [-0.4, -0.2) is 68.6 Å². The fourth-order valence-electron chi connectivity index (χ4n) is 6.75. The van der Waals surface area contributed by atoms with Crippen molar-refractivity contribution in [3.8, 4) is 0 Å². The van der Waals surface area contributed by atoms with E-state index in [1.165, 1.54) is 109 Å². The van der Waals surface area contributed by atoms with E-state index < -0.39 is 7.75 Å². The van der Waals surface area contributed by atoms with Gasteiger partial charge in [0.25, 0.3) is 0 Å². The van der Waals surface area contributed by atoms with Crippen molar-refractivity contribution >= 4 is 13.7 Å². The van der Waals surface area contributed by atoms with E-state index in [2.05, 4.69) is 30.8 Å². The summed E-state index contributed by atoms with van der Waals surface area (Å²) in [5.41, 5.74) is 0. The van der Waals surface area contributed by atoms with Crippen molar-refractivity contribution in [2.75, 3.05) is 52.6 Å². The highest BCUT2D eigenvalue weighted by atomic mass is 31.2. The van der Waals surface area contributed by atoms with E-state index in [4.69, 9.17) is 13.8 Å². The van der Waals surface area contributed by atoms with Crippen LogP contribution in [0.1, 0.15) is 226 Å². The van der Waals surface area contributed by atoms with Crippen LogP contribution < -0.4 is 5.09 Å². The van der Waals surface area contributed by atoms with Crippen LogP contribution >= 0.6 is 7.75 Å². The summed E-state index contributed by atoms with van der Waals surface area (Å²) in [7, 11) is -3.28. The summed E-state index contributed by atoms with van der Waals surface area (Å²) in [6, 6.07) is 0. The first kappa shape index (κ1) is 52.5. The zero-order valence-corrected chi connectivity index (χ0v) is 36.6. The van der Waals surface area contributed by atoms with Crippen molar-refractivity contribution in [2.45, 2.75) is 226 Å². The van der Waals surface area contributed by atoms with Gasteiger partial charge in [-0.3, -0.25) is 13.8 Å². The lowest BCUT2D eigenvalue weighted by Crippen LogP contribution is -2.29. The first-order valence-corrected chi connectivity index (χ1v) is 24.7. The van der Waals surface area contributed by atoms with Gasteiger partial charge in [-0.1, -0.05) is 175 Å².